The molecule has 0 N–H and O–H groups in total. The molecule has 5 heteroatoms. The van der Waals surface area contributed by atoms with Crippen molar-refractivity contribution in [2.45, 2.75) is 20.4 Å². The molecule has 0 atom stereocenters. The highest BCUT2D eigenvalue weighted by Gasteiger charge is 2.19. The van der Waals surface area contributed by atoms with E-state index in [-0.39, 0.29) is 0 Å². The Morgan fingerprint density at radius 2 is 2.00 bits per heavy atom. The van der Waals surface area contributed by atoms with E-state index >= 15 is 0 Å². The number of anilines is 1. The van der Waals surface area contributed by atoms with E-state index in [1.807, 2.05) is 17.9 Å². The highest BCUT2D eigenvalue weighted by Crippen LogP contribution is 2.21. The summed E-state index contributed by atoms with van der Waals surface area (Å²) in [6.45, 7) is 9.67. The van der Waals surface area contributed by atoms with Crippen LogP contribution in [-0.2, 0) is 6.54 Å². The number of hydrogen-bond donors (Lipinski definition) is 0. The van der Waals surface area contributed by atoms with Gasteiger partial charge in [-0.1, -0.05) is 0 Å². The van der Waals surface area contributed by atoms with Gasteiger partial charge in [-0.15, -0.1) is 11.3 Å². The van der Waals surface area contributed by atoms with Gasteiger partial charge in [0.05, 0.1) is 11.2 Å². The summed E-state index contributed by atoms with van der Waals surface area (Å²) in [5.41, 5.74) is 5.72. The number of hydrogen-bond acceptors (Lipinski definition) is 5. The average molecular weight is 288 g/mol. The lowest BCUT2D eigenvalue weighted by Gasteiger charge is -2.36. The minimum absolute atomic E-state index is 1.04. The quantitative estimate of drug-likeness (QED) is 0.868. The SMILES string of the molecule is Cc1cnccc1N1CCN(Cc2scnc2C)CC1. The second-order valence-electron chi connectivity index (χ2n) is 5.29. The first-order valence-electron chi connectivity index (χ1n) is 7.01. The molecule has 20 heavy (non-hydrogen) atoms. The number of thiazole rings is 1. The molecule has 1 saturated heterocycles. The Bertz CT molecular complexity index is 573. The van der Waals surface area contributed by atoms with Gasteiger partial charge in [0.2, 0.25) is 0 Å². The zero-order valence-electron chi connectivity index (χ0n) is 12.0. The van der Waals surface area contributed by atoms with Crippen molar-refractivity contribution in [3.8, 4) is 0 Å². The summed E-state index contributed by atoms with van der Waals surface area (Å²) in [7, 11) is 0. The normalized spacial score (nSPS) is 16.6. The fourth-order valence-corrected chi connectivity index (χ4v) is 3.47. The van der Waals surface area contributed by atoms with Gasteiger partial charge in [0.25, 0.3) is 0 Å². The Hall–Kier alpha value is -1.46. The van der Waals surface area contributed by atoms with E-state index in [9.17, 15) is 0 Å². The molecule has 0 amide bonds. The van der Waals surface area contributed by atoms with E-state index in [2.05, 4.69) is 39.7 Å². The molecular formula is C15H20N4S. The van der Waals surface area contributed by atoms with E-state index in [0.717, 1.165) is 32.7 Å². The van der Waals surface area contributed by atoms with Crippen LogP contribution in [0.5, 0.6) is 0 Å². The largest absolute Gasteiger partial charge is 0.369 e. The van der Waals surface area contributed by atoms with Crippen molar-refractivity contribution in [3.05, 3.63) is 40.1 Å². The summed E-state index contributed by atoms with van der Waals surface area (Å²) in [4.78, 5) is 14.9. The van der Waals surface area contributed by atoms with Crippen LogP contribution in [0.2, 0.25) is 0 Å². The lowest BCUT2D eigenvalue weighted by molar-refractivity contribution is 0.251. The van der Waals surface area contributed by atoms with Crippen molar-refractivity contribution >= 4 is 17.0 Å². The second-order valence-corrected chi connectivity index (χ2v) is 6.23. The van der Waals surface area contributed by atoms with Crippen molar-refractivity contribution in [2.24, 2.45) is 0 Å². The number of piperazine rings is 1. The summed E-state index contributed by atoms with van der Waals surface area (Å²) < 4.78 is 0. The van der Waals surface area contributed by atoms with Gasteiger partial charge in [-0.3, -0.25) is 9.88 Å². The van der Waals surface area contributed by atoms with Crippen molar-refractivity contribution in [2.75, 3.05) is 31.1 Å². The third-order valence-electron chi connectivity index (χ3n) is 3.92. The lowest BCUT2D eigenvalue weighted by atomic mass is 10.2. The van der Waals surface area contributed by atoms with Gasteiger partial charge in [-0.05, 0) is 25.5 Å². The summed E-state index contributed by atoms with van der Waals surface area (Å²) in [6, 6.07) is 2.12. The molecule has 0 aromatic carbocycles. The topological polar surface area (TPSA) is 32.3 Å². The standard InChI is InChI=1S/C15H20N4S/c1-12-9-16-4-3-14(12)19-7-5-18(6-8-19)10-15-13(2)17-11-20-15/h3-4,9,11H,5-8,10H2,1-2H3. The number of aromatic nitrogens is 2. The molecule has 3 heterocycles. The Balaban J connectivity index is 1.60. The van der Waals surface area contributed by atoms with Crippen LogP contribution in [0, 0.1) is 13.8 Å². The molecule has 4 nitrogen and oxygen atoms in total. The Morgan fingerprint density at radius 1 is 1.20 bits per heavy atom. The maximum Gasteiger partial charge on any atom is 0.0798 e. The first kappa shape index (κ1) is 13.5. The molecule has 1 aliphatic rings. The molecule has 106 valence electrons. The minimum Gasteiger partial charge on any atom is -0.369 e. The zero-order chi connectivity index (χ0) is 13.9. The van der Waals surface area contributed by atoms with E-state index in [0.29, 0.717) is 0 Å². The average Bonchev–Trinajstić information content (AvgIpc) is 2.86. The van der Waals surface area contributed by atoms with Crippen LogP contribution in [0.15, 0.2) is 24.0 Å². The van der Waals surface area contributed by atoms with Crippen LogP contribution in [-0.4, -0.2) is 41.0 Å². The van der Waals surface area contributed by atoms with Crippen molar-refractivity contribution in [3.63, 3.8) is 0 Å². The molecule has 2 aromatic rings. The van der Waals surface area contributed by atoms with Gasteiger partial charge in [0, 0.05) is 55.7 Å². The number of rotatable bonds is 3. The lowest BCUT2D eigenvalue weighted by Crippen LogP contribution is -2.46. The van der Waals surface area contributed by atoms with E-state index in [4.69, 9.17) is 0 Å². The van der Waals surface area contributed by atoms with E-state index in [1.54, 1.807) is 11.3 Å². The number of nitrogens with zero attached hydrogens (tertiary/aromatic N) is 4. The van der Waals surface area contributed by atoms with Gasteiger partial charge in [0.15, 0.2) is 0 Å². The van der Waals surface area contributed by atoms with Gasteiger partial charge in [-0.2, -0.15) is 0 Å². The van der Waals surface area contributed by atoms with Gasteiger partial charge in [0.1, 0.15) is 0 Å². The van der Waals surface area contributed by atoms with Crippen molar-refractivity contribution in [1.29, 1.82) is 0 Å². The molecule has 0 aliphatic carbocycles. The Morgan fingerprint density at radius 3 is 2.65 bits per heavy atom. The van der Waals surface area contributed by atoms with Gasteiger partial charge >= 0.3 is 0 Å². The number of pyridine rings is 1. The molecule has 0 spiro atoms. The van der Waals surface area contributed by atoms with Crippen LogP contribution >= 0.6 is 11.3 Å². The molecule has 0 saturated carbocycles. The van der Waals surface area contributed by atoms with Gasteiger partial charge in [-0.25, -0.2) is 4.98 Å². The monoisotopic (exact) mass is 288 g/mol. The van der Waals surface area contributed by atoms with Crippen LogP contribution in [0.1, 0.15) is 16.1 Å². The first-order chi connectivity index (χ1) is 9.74. The molecule has 0 unspecified atom stereocenters. The fourth-order valence-electron chi connectivity index (χ4n) is 2.65. The molecular weight excluding hydrogens is 268 g/mol. The van der Waals surface area contributed by atoms with Crippen molar-refractivity contribution < 1.29 is 0 Å². The van der Waals surface area contributed by atoms with Crippen molar-refractivity contribution in [1.82, 2.24) is 14.9 Å². The molecule has 1 aliphatic heterocycles. The first-order valence-corrected chi connectivity index (χ1v) is 7.89. The molecule has 3 rings (SSSR count). The van der Waals surface area contributed by atoms with Gasteiger partial charge < -0.3 is 4.90 Å². The summed E-state index contributed by atoms with van der Waals surface area (Å²) in [6.07, 6.45) is 3.83. The molecule has 0 radical (unpaired) electrons. The highest BCUT2D eigenvalue weighted by atomic mass is 32.1. The maximum atomic E-state index is 4.33. The van der Waals surface area contributed by atoms with Crippen LogP contribution in [0.25, 0.3) is 0 Å². The summed E-state index contributed by atoms with van der Waals surface area (Å²) in [5, 5.41) is 0. The smallest absolute Gasteiger partial charge is 0.0798 e. The molecule has 1 fully saturated rings. The predicted octanol–water partition coefficient (Wildman–Crippen LogP) is 2.48. The summed E-state index contributed by atoms with van der Waals surface area (Å²) >= 11 is 1.77. The van der Waals surface area contributed by atoms with E-state index < -0.39 is 0 Å². The fraction of sp³-hybridized carbons (Fsp3) is 0.467. The maximum absolute atomic E-state index is 4.33. The summed E-state index contributed by atoms with van der Waals surface area (Å²) in [5.74, 6) is 0. The zero-order valence-corrected chi connectivity index (χ0v) is 12.9. The Labute approximate surface area is 124 Å². The minimum atomic E-state index is 1.04. The second kappa shape index (κ2) is 5.89. The number of aryl methyl sites for hydroxylation is 2. The third kappa shape index (κ3) is 2.83. The van der Waals surface area contributed by atoms with E-state index in [1.165, 1.54) is 21.8 Å². The molecule has 2 aromatic heterocycles. The third-order valence-corrected chi connectivity index (χ3v) is 4.84. The molecule has 0 bridgehead atoms. The predicted molar refractivity (Wildman–Crippen MR) is 83.3 cm³/mol. The highest BCUT2D eigenvalue weighted by molar-refractivity contribution is 7.09. The van der Waals surface area contributed by atoms with Crippen LogP contribution < -0.4 is 4.90 Å². The van der Waals surface area contributed by atoms with Crippen LogP contribution in [0.4, 0.5) is 5.69 Å². The Kier molecular flexibility index (Phi) is 3.98. The van der Waals surface area contributed by atoms with Crippen LogP contribution in [0.3, 0.4) is 0 Å².